The van der Waals surface area contributed by atoms with Gasteiger partial charge in [-0.1, -0.05) is 29.8 Å². The summed E-state index contributed by atoms with van der Waals surface area (Å²) in [7, 11) is 0. The Balaban J connectivity index is 1.58. The number of amides is 3. The summed E-state index contributed by atoms with van der Waals surface area (Å²) in [5, 5.41) is 3.29. The number of rotatable bonds is 4. The molecular formula is C21H19ClN2O3. The standard InChI is InChI=1S/C21H19ClN2O3/c1-21(16-8-5-13-3-2-4-15(13)11-16)19(26)24(20(27)23-21)12-18(25)14-6-9-17(22)10-7-14/h5-11H,2-4,12H2,1H3,(H,23,27). The second-order valence-electron chi connectivity index (χ2n) is 7.21. The van der Waals surface area contributed by atoms with Gasteiger partial charge in [-0.15, -0.1) is 0 Å². The van der Waals surface area contributed by atoms with E-state index in [9.17, 15) is 14.4 Å². The van der Waals surface area contributed by atoms with Crippen molar-refractivity contribution in [2.45, 2.75) is 31.7 Å². The molecule has 1 saturated heterocycles. The van der Waals surface area contributed by atoms with Crippen LogP contribution < -0.4 is 5.32 Å². The first kappa shape index (κ1) is 17.7. The van der Waals surface area contributed by atoms with Gasteiger partial charge in [0.1, 0.15) is 5.54 Å². The fourth-order valence-electron chi connectivity index (χ4n) is 3.79. The summed E-state index contributed by atoms with van der Waals surface area (Å²) in [5.41, 5.74) is 2.53. The van der Waals surface area contributed by atoms with Crippen LogP contribution in [-0.2, 0) is 23.2 Å². The molecule has 138 valence electrons. The minimum absolute atomic E-state index is 0.299. The monoisotopic (exact) mass is 382 g/mol. The molecule has 2 aromatic rings. The molecule has 0 bridgehead atoms. The minimum atomic E-state index is -1.16. The number of benzene rings is 2. The van der Waals surface area contributed by atoms with Gasteiger partial charge in [-0.05, 0) is 67.1 Å². The average Bonchev–Trinajstić information content (AvgIpc) is 3.20. The lowest BCUT2D eigenvalue weighted by atomic mass is 9.89. The summed E-state index contributed by atoms with van der Waals surface area (Å²) in [4.78, 5) is 39.0. The molecule has 1 aliphatic carbocycles. The molecule has 1 atom stereocenters. The first-order valence-electron chi connectivity index (χ1n) is 8.93. The zero-order valence-corrected chi connectivity index (χ0v) is 15.7. The highest BCUT2D eigenvalue weighted by atomic mass is 35.5. The number of carbonyl (C=O) groups is 3. The summed E-state index contributed by atoms with van der Waals surface area (Å²) in [6, 6.07) is 11.8. The zero-order valence-electron chi connectivity index (χ0n) is 14.9. The van der Waals surface area contributed by atoms with Crippen molar-refractivity contribution in [1.29, 1.82) is 0 Å². The Labute approximate surface area is 162 Å². The van der Waals surface area contributed by atoms with Gasteiger partial charge in [-0.3, -0.25) is 14.5 Å². The molecular weight excluding hydrogens is 364 g/mol. The summed E-state index contributed by atoms with van der Waals surface area (Å²) in [5.74, 6) is -0.721. The maximum atomic E-state index is 13.0. The molecule has 0 radical (unpaired) electrons. The van der Waals surface area contributed by atoms with E-state index >= 15 is 0 Å². The number of imide groups is 1. The molecule has 1 heterocycles. The fraction of sp³-hybridized carbons (Fsp3) is 0.286. The lowest BCUT2D eigenvalue weighted by molar-refractivity contribution is -0.130. The van der Waals surface area contributed by atoms with E-state index in [1.807, 2.05) is 18.2 Å². The largest absolute Gasteiger partial charge is 0.325 e. The van der Waals surface area contributed by atoms with Crippen LogP contribution in [0.25, 0.3) is 0 Å². The molecule has 0 spiro atoms. The Morgan fingerprint density at radius 2 is 1.81 bits per heavy atom. The highest BCUT2D eigenvalue weighted by Crippen LogP contribution is 2.32. The fourth-order valence-corrected chi connectivity index (χ4v) is 3.92. The van der Waals surface area contributed by atoms with Gasteiger partial charge in [0.25, 0.3) is 5.91 Å². The normalized spacial score (nSPS) is 21.3. The molecule has 0 saturated carbocycles. The quantitative estimate of drug-likeness (QED) is 0.650. The molecule has 1 unspecified atom stereocenters. The Hall–Kier alpha value is -2.66. The van der Waals surface area contributed by atoms with Crippen LogP contribution in [0.1, 0.15) is 40.4 Å². The number of nitrogens with one attached hydrogen (secondary N) is 1. The van der Waals surface area contributed by atoms with E-state index in [1.165, 1.54) is 11.1 Å². The molecule has 1 fully saturated rings. The van der Waals surface area contributed by atoms with Crippen LogP contribution in [0, 0.1) is 0 Å². The minimum Gasteiger partial charge on any atom is -0.319 e. The van der Waals surface area contributed by atoms with Crippen molar-refractivity contribution in [2.75, 3.05) is 6.54 Å². The second kappa shape index (κ2) is 6.50. The number of urea groups is 1. The number of aryl methyl sites for hydroxylation is 2. The lowest BCUT2D eigenvalue weighted by Gasteiger charge is -2.23. The van der Waals surface area contributed by atoms with Gasteiger partial charge in [-0.2, -0.15) is 0 Å². The Bertz CT molecular complexity index is 954. The first-order valence-corrected chi connectivity index (χ1v) is 9.31. The van der Waals surface area contributed by atoms with Gasteiger partial charge in [0.05, 0.1) is 6.54 Å². The maximum absolute atomic E-state index is 13.0. The van der Waals surface area contributed by atoms with Gasteiger partial charge in [-0.25, -0.2) is 4.79 Å². The molecule has 27 heavy (non-hydrogen) atoms. The highest BCUT2D eigenvalue weighted by molar-refractivity contribution is 6.30. The van der Waals surface area contributed by atoms with Crippen molar-refractivity contribution in [3.63, 3.8) is 0 Å². The SMILES string of the molecule is CC1(c2ccc3c(c2)CCC3)NC(=O)N(CC(=O)c2ccc(Cl)cc2)C1=O. The molecule has 2 aliphatic rings. The number of carbonyl (C=O) groups excluding carboxylic acids is 3. The summed E-state index contributed by atoms with van der Waals surface area (Å²) < 4.78 is 0. The van der Waals surface area contributed by atoms with Crippen LogP contribution in [0.5, 0.6) is 0 Å². The van der Waals surface area contributed by atoms with Gasteiger partial charge < -0.3 is 5.32 Å². The van der Waals surface area contributed by atoms with Crippen LogP contribution in [0.2, 0.25) is 5.02 Å². The van der Waals surface area contributed by atoms with Crippen LogP contribution in [0.4, 0.5) is 4.79 Å². The van der Waals surface area contributed by atoms with Crippen molar-refractivity contribution in [3.05, 3.63) is 69.7 Å². The Morgan fingerprint density at radius 1 is 1.11 bits per heavy atom. The lowest BCUT2D eigenvalue weighted by Crippen LogP contribution is -2.41. The van der Waals surface area contributed by atoms with Gasteiger partial charge in [0.2, 0.25) is 0 Å². The number of nitrogens with zero attached hydrogens (tertiary/aromatic N) is 1. The van der Waals surface area contributed by atoms with E-state index in [0.717, 1.165) is 29.7 Å². The van der Waals surface area contributed by atoms with Gasteiger partial charge >= 0.3 is 6.03 Å². The van der Waals surface area contributed by atoms with E-state index in [4.69, 9.17) is 11.6 Å². The molecule has 0 aromatic heterocycles. The molecule has 3 amide bonds. The molecule has 2 aromatic carbocycles. The van der Waals surface area contributed by atoms with E-state index in [1.54, 1.807) is 31.2 Å². The summed E-state index contributed by atoms with van der Waals surface area (Å²) in [6.07, 6.45) is 3.14. The number of hydrogen-bond donors (Lipinski definition) is 1. The molecule has 1 N–H and O–H groups in total. The smallest absolute Gasteiger partial charge is 0.319 e. The number of hydrogen-bond acceptors (Lipinski definition) is 3. The molecule has 6 heteroatoms. The van der Waals surface area contributed by atoms with Crippen LogP contribution in [0.3, 0.4) is 0 Å². The molecule has 1 aliphatic heterocycles. The third kappa shape index (κ3) is 3.02. The number of halogens is 1. The highest BCUT2D eigenvalue weighted by Gasteiger charge is 2.49. The van der Waals surface area contributed by atoms with Gasteiger partial charge in [0.15, 0.2) is 5.78 Å². The van der Waals surface area contributed by atoms with Crippen LogP contribution in [-0.4, -0.2) is 29.2 Å². The summed E-state index contributed by atoms with van der Waals surface area (Å²) in [6.45, 7) is 1.39. The Morgan fingerprint density at radius 3 is 2.56 bits per heavy atom. The average molecular weight is 383 g/mol. The number of Topliss-reactive ketones (excluding diaryl/α,β-unsaturated/α-hetero) is 1. The van der Waals surface area contributed by atoms with Crippen molar-refractivity contribution in [2.24, 2.45) is 0 Å². The maximum Gasteiger partial charge on any atom is 0.325 e. The summed E-state index contributed by atoms with van der Waals surface area (Å²) >= 11 is 5.84. The van der Waals surface area contributed by atoms with Crippen LogP contribution >= 0.6 is 11.6 Å². The molecule has 4 rings (SSSR count). The van der Waals surface area contributed by atoms with Crippen molar-refractivity contribution >= 4 is 29.3 Å². The van der Waals surface area contributed by atoms with E-state index in [0.29, 0.717) is 10.6 Å². The number of fused-ring (bicyclic) bond motifs is 1. The Kier molecular flexibility index (Phi) is 4.27. The third-order valence-electron chi connectivity index (χ3n) is 5.42. The van der Waals surface area contributed by atoms with E-state index in [2.05, 4.69) is 5.32 Å². The molecule has 5 nitrogen and oxygen atoms in total. The van der Waals surface area contributed by atoms with Crippen LogP contribution in [0.15, 0.2) is 42.5 Å². The number of ketones is 1. The zero-order chi connectivity index (χ0) is 19.2. The predicted molar refractivity (Wildman–Crippen MR) is 102 cm³/mol. The van der Waals surface area contributed by atoms with E-state index in [-0.39, 0.29) is 12.3 Å². The van der Waals surface area contributed by atoms with E-state index < -0.39 is 17.5 Å². The first-order chi connectivity index (χ1) is 12.9. The topological polar surface area (TPSA) is 66.5 Å². The van der Waals surface area contributed by atoms with Crippen molar-refractivity contribution in [3.8, 4) is 0 Å². The van der Waals surface area contributed by atoms with Crippen molar-refractivity contribution in [1.82, 2.24) is 10.2 Å². The predicted octanol–water partition coefficient (Wildman–Crippen LogP) is 3.48. The second-order valence-corrected chi connectivity index (χ2v) is 7.65. The van der Waals surface area contributed by atoms with Crippen molar-refractivity contribution < 1.29 is 14.4 Å². The van der Waals surface area contributed by atoms with Gasteiger partial charge in [0, 0.05) is 10.6 Å². The third-order valence-corrected chi connectivity index (χ3v) is 5.67.